The highest BCUT2D eigenvalue weighted by Gasteiger charge is 2.47. The molecular weight excluding hydrogens is 613 g/mol. The molecule has 0 fully saturated rings. The fraction of sp³-hybridized carbons (Fsp3) is 0.0588. The Kier molecular flexibility index (Phi) is 7.59. The minimum atomic E-state index is -0.592. The van der Waals surface area contributed by atoms with Crippen LogP contribution in [0.15, 0.2) is 194 Å². The third-order valence-corrected chi connectivity index (χ3v) is 10.6. The van der Waals surface area contributed by atoms with E-state index in [9.17, 15) is 0 Å². The van der Waals surface area contributed by atoms with E-state index in [1.807, 2.05) is 0 Å². The largest absolute Gasteiger partial charge is 0.0714 e. The molecule has 0 spiro atoms. The highest BCUT2D eigenvalue weighted by molar-refractivity contribution is 5.90. The van der Waals surface area contributed by atoms with Gasteiger partial charge >= 0.3 is 0 Å². The second-order valence-electron chi connectivity index (χ2n) is 13.9. The average Bonchev–Trinajstić information content (AvgIpc) is 3.48. The number of hydrogen-bond acceptors (Lipinski definition) is 0. The van der Waals surface area contributed by atoms with Crippen molar-refractivity contribution in [1.29, 1.82) is 0 Å². The number of fused-ring (bicyclic) bond motifs is 3. The Hall–Kier alpha value is -6.24. The Balaban J connectivity index is 1.46. The van der Waals surface area contributed by atoms with Crippen LogP contribution in [-0.2, 0) is 5.41 Å². The van der Waals surface area contributed by atoms with Crippen LogP contribution in [0.3, 0.4) is 0 Å². The van der Waals surface area contributed by atoms with Gasteiger partial charge in [0, 0.05) is 0 Å². The summed E-state index contributed by atoms with van der Waals surface area (Å²) in [5.74, 6) is 0. The third-order valence-electron chi connectivity index (χ3n) is 10.6. The molecule has 0 radical (unpaired) electrons. The summed E-state index contributed by atoms with van der Waals surface area (Å²) in [5, 5.41) is 0. The van der Waals surface area contributed by atoms with Crippen molar-refractivity contribution < 1.29 is 0 Å². The van der Waals surface area contributed by atoms with Gasteiger partial charge in [-0.25, -0.2) is 0 Å². The first-order valence-corrected chi connectivity index (χ1v) is 17.8. The van der Waals surface area contributed by atoms with Gasteiger partial charge in [-0.15, -0.1) is 0 Å². The van der Waals surface area contributed by atoms with E-state index >= 15 is 0 Å². The average molecular weight is 651 g/mol. The monoisotopic (exact) mass is 650 g/mol. The first-order valence-electron chi connectivity index (χ1n) is 17.8. The van der Waals surface area contributed by atoms with Crippen LogP contribution in [0.5, 0.6) is 0 Å². The Morgan fingerprint density at radius 3 is 0.863 bits per heavy atom. The fourth-order valence-corrected chi connectivity index (χ4v) is 8.22. The quantitative estimate of drug-likeness (QED) is 0.168. The lowest BCUT2D eigenvalue weighted by Gasteiger charge is -2.36. The number of aryl methyl sites for hydroxylation is 2. The highest BCUT2D eigenvalue weighted by atomic mass is 14.5. The first kappa shape index (κ1) is 30.8. The van der Waals surface area contributed by atoms with Crippen LogP contribution in [0, 0.1) is 13.8 Å². The maximum absolute atomic E-state index is 2.46. The molecule has 0 aliphatic heterocycles. The van der Waals surface area contributed by atoms with E-state index in [0.717, 1.165) is 0 Å². The number of hydrogen-bond donors (Lipinski definition) is 0. The topological polar surface area (TPSA) is 0 Å². The van der Waals surface area contributed by atoms with Crippen LogP contribution in [0.2, 0.25) is 0 Å². The van der Waals surface area contributed by atoms with E-state index in [0.29, 0.717) is 0 Å². The minimum Gasteiger partial charge on any atom is -0.0622 e. The molecule has 8 aromatic rings. The summed E-state index contributed by atoms with van der Waals surface area (Å²) in [7, 11) is 0. The van der Waals surface area contributed by atoms with Crippen LogP contribution in [0.1, 0.15) is 33.4 Å². The molecule has 51 heavy (non-hydrogen) atoms. The molecule has 1 aliphatic carbocycles. The molecule has 0 heteroatoms. The lowest BCUT2D eigenvalue weighted by Crippen LogP contribution is -2.29. The summed E-state index contributed by atoms with van der Waals surface area (Å²) < 4.78 is 0. The predicted molar refractivity (Wildman–Crippen MR) is 215 cm³/mol. The van der Waals surface area contributed by atoms with Crippen LogP contribution >= 0.6 is 0 Å². The summed E-state index contributed by atoms with van der Waals surface area (Å²) in [6, 6.07) is 72.1. The van der Waals surface area contributed by atoms with E-state index in [-0.39, 0.29) is 0 Å². The lowest BCUT2D eigenvalue weighted by atomic mass is 9.65. The summed E-state index contributed by atoms with van der Waals surface area (Å²) in [6.45, 7) is 4.45. The Morgan fingerprint density at radius 2 is 0.569 bits per heavy atom. The molecule has 8 aromatic carbocycles. The molecule has 0 N–H and O–H groups in total. The predicted octanol–water partition coefficient (Wildman–Crippen LogP) is 13.3. The molecule has 0 unspecified atom stereocenters. The van der Waals surface area contributed by atoms with Gasteiger partial charge in [-0.1, -0.05) is 169 Å². The molecule has 0 nitrogen and oxygen atoms in total. The summed E-state index contributed by atoms with van der Waals surface area (Å²) >= 11 is 0. The van der Waals surface area contributed by atoms with Crippen molar-refractivity contribution in [2.75, 3.05) is 0 Å². The number of benzene rings is 8. The zero-order chi connectivity index (χ0) is 34.4. The van der Waals surface area contributed by atoms with Gasteiger partial charge in [0.05, 0.1) is 5.41 Å². The second kappa shape index (κ2) is 12.6. The Labute approximate surface area is 301 Å². The molecule has 0 heterocycles. The van der Waals surface area contributed by atoms with Crippen molar-refractivity contribution in [2.24, 2.45) is 0 Å². The van der Waals surface area contributed by atoms with Gasteiger partial charge in [-0.2, -0.15) is 0 Å². The van der Waals surface area contributed by atoms with Crippen LogP contribution < -0.4 is 0 Å². The van der Waals surface area contributed by atoms with E-state index in [1.54, 1.807) is 0 Å². The Morgan fingerprint density at radius 1 is 0.275 bits per heavy atom. The maximum Gasteiger partial charge on any atom is 0.0714 e. The van der Waals surface area contributed by atoms with Gasteiger partial charge in [0.2, 0.25) is 0 Å². The van der Waals surface area contributed by atoms with E-state index < -0.39 is 5.41 Å². The van der Waals surface area contributed by atoms with Crippen molar-refractivity contribution in [1.82, 2.24) is 0 Å². The zero-order valence-electron chi connectivity index (χ0n) is 29.0. The normalized spacial score (nSPS) is 12.7. The summed E-state index contributed by atoms with van der Waals surface area (Å²) in [5.41, 5.74) is 19.4. The van der Waals surface area contributed by atoms with Crippen molar-refractivity contribution in [3.8, 4) is 55.6 Å². The van der Waals surface area contributed by atoms with Crippen molar-refractivity contribution in [3.05, 3.63) is 228 Å². The van der Waals surface area contributed by atoms with Gasteiger partial charge in [0.25, 0.3) is 0 Å². The van der Waals surface area contributed by atoms with Crippen molar-refractivity contribution in [3.63, 3.8) is 0 Å². The molecule has 0 bridgehead atoms. The first-order chi connectivity index (χ1) is 25.1. The van der Waals surface area contributed by atoms with Crippen LogP contribution in [0.4, 0.5) is 0 Å². The molecule has 242 valence electrons. The van der Waals surface area contributed by atoms with Gasteiger partial charge in [0.1, 0.15) is 0 Å². The molecule has 9 rings (SSSR count). The van der Waals surface area contributed by atoms with Gasteiger partial charge < -0.3 is 0 Å². The molecule has 0 saturated carbocycles. The summed E-state index contributed by atoms with van der Waals surface area (Å²) in [6.07, 6.45) is 0. The van der Waals surface area contributed by atoms with E-state index in [1.165, 1.54) is 89.0 Å². The molecule has 1 aliphatic rings. The van der Waals surface area contributed by atoms with E-state index in [2.05, 4.69) is 208 Å². The molecular formula is C51H38. The molecule has 0 amide bonds. The Bertz CT molecular complexity index is 2210. The fourth-order valence-electron chi connectivity index (χ4n) is 8.22. The third kappa shape index (κ3) is 5.32. The maximum atomic E-state index is 2.46. The smallest absolute Gasteiger partial charge is 0.0622 e. The van der Waals surface area contributed by atoms with Gasteiger partial charge in [-0.05, 0) is 128 Å². The van der Waals surface area contributed by atoms with Crippen LogP contribution in [-0.4, -0.2) is 0 Å². The summed E-state index contributed by atoms with van der Waals surface area (Å²) in [4.78, 5) is 0. The number of rotatable bonds is 6. The SMILES string of the molecule is Cc1ccc2c(c1)C(c1cc(-c3ccccc3)cc(-c3ccccc3)c1)(c1cc(-c3ccccc3)cc(-c3ccccc3)c1)c1cc(C)ccc1-2. The molecule has 0 saturated heterocycles. The minimum absolute atomic E-state index is 0.592. The van der Waals surface area contributed by atoms with Crippen molar-refractivity contribution >= 4 is 0 Å². The van der Waals surface area contributed by atoms with E-state index in [4.69, 9.17) is 0 Å². The van der Waals surface area contributed by atoms with Gasteiger partial charge in [0.15, 0.2) is 0 Å². The molecule has 0 aromatic heterocycles. The highest BCUT2D eigenvalue weighted by Crippen LogP contribution is 2.58. The zero-order valence-corrected chi connectivity index (χ0v) is 29.0. The van der Waals surface area contributed by atoms with Gasteiger partial charge in [-0.3, -0.25) is 0 Å². The van der Waals surface area contributed by atoms with Crippen LogP contribution in [0.25, 0.3) is 55.6 Å². The van der Waals surface area contributed by atoms with Crippen molar-refractivity contribution in [2.45, 2.75) is 19.3 Å². The second-order valence-corrected chi connectivity index (χ2v) is 13.9. The molecule has 0 atom stereocenters. The standard InChI is InChI=1S/C51H38/c1-35-23-25-47-48-26-24-36(2)28-50(48)51(49(47)27-35,45-31-41(37-15-7-3-8-16-37)29-42(32-45)38-17-9-4-10-18-38)46-33-43(39-19-11-5-12-20-39)30-44(34-46)40-21-13-6-14-22-40/h3-34H,1-2H3. The lowest BCUT2D eigenvalue weighted by molar-refractivity contribution is 0.768.